The van der Waals surface area contributed by atoms with Gasteiger partial charge in [0.15, 0.2) is 0 Å². The number of aryl methyl sites for hydroxylation is 2. The Morgan fingerprint density at radius 1 is 1.56 bits per heavy atom. The lowest BCUT2D eigenvalue weighted by Gasteiger charge is -2.23. The van der Waals surface area contributed by atoms with Gasteiger partial charge in [-0.1, -0.05) is 0 Å². The number of nitriles is 1. The molecule has 0 aliphatic heterocycles. The molecular formula is C14H22N4. The second kappa shape index (κ2) is 5.53. The molecule has 4 nitrogen and oxygen atoms in total. The molecule has 18 heavy (non-hydrogen) atoms. The van der Waals surface area contributed by atoms with Crippen LogP contribution in [0.25, 0.3) is 0 Å². The summed E-state index contributed by atoms with van der Waals surface area (Å²) in [6.45, 7) is 5.04. The van der Waals surface area contributed by atoms with Crippen molar-refractivity contribution in [3.05, 3.63) is 18.2 Å². The van der Waals surface area contributed by atoms with Crippen LogP contribution < -0.4 is 5.32 Å². The van der Waals surface area contributed by atoms with Gasteiger partial charge in [-0.25, -0.2) is 4.98 Å². The second-order valence-electron chi connectivity index (χ2n) is 5.49. The minimum absolute atomic E-state index is 0.342. The van der Waals surface area contributed by atoms with E-state index in [1.165, 1.54) is 12.8 Å². The molecule has 98 valence electrons. The van der Waals surface area contributed by atoms with Crippen LogP contribution in [0, 0.1) is 18.3 Å². The van der Waals surface area contributed by atoms with Crippen molar-refractivity contribution >= 4 is 0 Å². The van der Waals surface area contributed by atoms with E-state index in [-0.39, 0.29) is 5.54 Å². The Morgan fingerprint density at radius 2 is 2.33 bits per heavy atom. The van der Waals surface area contributed by atoms with E-state index in [2.05, 4.69) is 20.9 Å². The SMILES string of the molecule is Cc1nccn1CCCCC(C)(C#N)NC1CC1. The van der Waals surface area contributed by atoms with Gasteiger partial charge >= 0.3 is 0 Å². The van der Waals surface area contributed by atoms with E-state index in [1.807, 2.05) is 26.2 Å². The lowest BCUT2D eigenvalue weighted by atomic mass is 9.96. The molecule has 0 amide bonds. The smallest absolute Gasteiger partial charge is 0.105 e. The number of unbranched alkanes of at least 4 members (excludes halogenated alkanes) is 1. The van der Waals surface area contributed by atoms with Crippen molar-refractivity contribution in [2.24, 2.45) is 0 Å². The number of hydrogen-bond acceptors (Lipinski definition) is 3. The van der Waals surface area contributed by atoms with Gasteiger partial charge in [-0.15, -0.1) is 0 Å². The largest absolute Gasteiger partial charge is 0.335 e. The molecular weight excluding hydrogens is 224 g/mol. The highest BCUT2D eigenvalue weighted by molar-refractivity contribution is 5.06. The molecule has 1 aromatic heterocycles. The summed E-state index contributed by atoms with van der Waals surface area (Å²) in [4.78, 5) is 4.21. The van der Waals surface area contributed by atoms with Crippen molar-refractivity contribution in [2.45, 2.75) is 64.1 Å². The molecule has 1 aliphatic rings. The number of nitrogens with one attached hydrogen (secondary N) is 1. The third kappa shape index (κ3) is 3.58. The average molecular weight is 246 g/mol. The van der Waals surface area contributed by atoms with Gasteiger partial charge in [-0.3, -0.25) is 5.32 Å². The molecule has 1 unspecified atom stereocenters. The normalized spacial score (nSPS) is 18.3. The van der Waals surface area contributed by atoms with Gasteiger partial charge < -0.3 is 4.57 Å². The zero-order valence-corrected chi connectivity index (χ0v) is 11.3. The Labute approximate surface area is 109 Å². The standard InChI is InChI=1S/C14H22N4/c1-12-16-8-10-18(12)9-4-3-7-14(2,11-15)17-13-5-6-13/h8,10,13,17H,3-7,9H2,1-2H3. The van der Waals surface area contributed by atoms with Crippen LogP contribution in [0.15, 0.2) is 12.4 Å². The summed E-state index contributed by atoms with van der Waals surface area (Å²) in [6, 6.07) is 3.01. The molecule has 1 atom stereocenters. The summed E-state index contributed by atoms with van der Waals surface area (Å²) in [5.74, 6) is 1.06. The zero-order chi connectivity index (χ0) is 13.0. The van der Waals surface area contributed by atoms with Crippen LogP contribution in [0.4, 0.5) is 0 Å². The third-order valence-electron chi connectivity index (χ3n) is 3.60. The van der Waals surface area contributed by atoms with E-state index in [4.69, 9.17) is 0 Å². The van der Waals surface area contributed by atoms with E-state index in [0.29, 0.717) is 6.04 Å². The average Bonchev–Trinajstić information content (AvgIpc) is 3.07. The lowest BCUT2D eigenvalue weighted by molar-refractivity contribution is 0.392. The Bertz CT molecular complexity index is 427. The summed E-state index contributed by atoms with van der Waals surface area (Å²) >= 11 is 0. The van der Waals surface area contributed by atoms with E-state index in [9.17, 15) is 5.26 Å². The van der Waals surface area contributed by atoms with Gasteiger partial charge in [0.1, 0.15) is 11.4 Å². The maximum absolute atomic E-state index is 9.26. The van der Waals surface area contributed by atoms with E-state index in [1.54, 1.807) is 0 Å². The fourth-order valence-electron chi connectivity index (χ4n) is 2.24. The highest BCUT2D eigenvalue weighted by Gasteiger charge is 2.31. The second-order valence-corrected chi connectivity index (χ2v) is 5.49. The van der Waals surface area contributed by atoms with Crippen molar-refractivity contribution in [3.8, 4) is 6.07 Å². The first kappa shape index (κ1) is 13.1. The van der Waals surface area contributed by atoms with Crippen molar-refractivity contribution in [1.29, 1.82) is 5.26 Å². The molecule has 1 fully saturated rings. The molecule has 1 aromatic rings. The number of hydrogen-bond donors (Lipinski definition) is 1. The number of imidazole rings is 1. The molecule has 2 rings (SSSR count). The molecule has 0 bridgehead atoms. The molecule has 1 N–H and O–H groups in total. The van der Waals surface area contributed by atoms with Gasteiger partial charge in [0, 0.05) is 25.0 Å². The predicted octanol–water partition coefficient (Wildman–Crippen LogP) is 2.40. The van der Waals surface area contributed by atoms with Crippen LogP contribution in [0.5, 0.6) is 0 Å². The topological polar surface area (TPSA) is 53.6 Å². The first-order valence-electron chi connectivity index (χ1n) is 6.80. The van der Waals surface area contributed by atoms with Gasteiger partial charge in [0.2, 0.25) is 0 Å². The minimum atomic E-state index is -0.342. The van der Waals surface area contributed by atoms with Crippen LogP contribution in [0.2, 0.25) is 0 Å². The molecule has 4 heteroatoms. The van der Waals surface area contributed by atoms with Crippen LogP contribution in [-0.4, -0.2) is 21.1 Å². The van der Waals surface area contributed by atoms with E-state index >= 15 is 0 Å². The highest BCUT2D eigenvalue weighted by atomic mass is 15.1. The Balaban J connectivity index is 1.70. The minimum Gasteiger partial charge on any atom is -0.335 e. The predicted molar refractivity (Wildman–Crippen MR) is 71.0 cm³/mol. The highest BCUT2D eigenvalue weighted by Crippen LogP contribution is 2.24. The van der Waals surface area contributed by atoms with E-state index in [0.717, 1.165) is 31.6 Å². The lowest BCUT2D eigenvalue weighted by Crippen LogP contribution is -2.42. The van der Waals surface area contributed by atoms with Gasteiger partial charge in [-0.05, 0) is 46.0 Å². The summed E-state index contributed by atoms with van der Waals surface area (Å²) < 4.78 is 2.16. The zero-order valence-electron chi connectivity index (χ0n) is 11.3. The Morgan fingerprint density at radius 3 is 2.89 bits per heavy atom. The first-order valence-corrected chi connectivity index (χ1v) is 6.80. The fourth-order valence-corrected chi connectivity index (χ4v) is 2.24. The summed E-state index contributed by atoms with van der Waals surface area (Å²) in [6.07, 6.45) is 9.40. The van der Waals surface area contributed by atoms with Crippen LogP contribution in [-0.2, 0) is 6.54 Å². The summed E-state index contributed by atoms with van der Waals surface area (Å²) in [7, 11) is 0. The first-order chi connectivity index (χ1) is 8.63. The van der Waals surface area contributed by atoms with Crippen molar-refractivity contribution in [3.63, 3.8) is 0 Å². The molecule has 0 saturated heterocycles. The van der Waals surface area contributed by atoms with Gasteiger partial charge in [0.25, 0.3) is 0 Å². The number of nitrogens with zero attached hydrogens (tertiary/aromatic N) is 3. The molecule has 0 radical (unpaired) electrons. The maximum Gasteiger partial charge on any atom is 0.105 e. The van der Waals surface area contributed by atoms with Crippen molar-refractivity contribution in [2.75, 3.05) is 0 Å². The molecule has 1 aliphatic carbocycles. The number of rotatable bonds is 7. The van der Waals surface area contributed by atoms with Gasteiger partial charge in [-0.2, -0.15) is 5.26 Å². The Hall–Kier alpha value is -1.34. The molecule has 0 spiro atoms. The van der Waals surface area contributed by atoms with Crippen LogP contribution in [0.3, 0.4) is 0 Å². The third-order valence-corrected chi connectivity index (χ3v) is 3.60. The molecule has 1 saturated carbocycles. The maximum atomic E-state index is 9.26. The van der Waals surface area contributed by atoms with Crippen molar-refractivity contribution in [1.82, 2.24) is 14.9 Å². The summed E-state index contributed by atoms with van der Waals surface area (Å²) in [5.41, 5.74) is -0.342. The van der Waals surface area contributed by atoms with Crippen molar-refractivity contribution < 1.29 is 0 Å². The summed E-state index contributed by atoms with van der Waals surface area (Å²) in [5, 5.41) is 12.7. The number of aromatic nitrogens is 2. The van der Waals surface area contributed by atoms with Crippen LogP contribution >= 0.6 is 0 Å². The monoisotopic (exact) mass is 246 g/mol. The van der Waals surface area contributed by atoms with Crippen LogP contribution in [0.1, 0.15) is 44.9 Å². The quantitative estimate of drug-likeness (QED) is 0.752. The van der Waals surface area contributed by atoms with E-state index < -0.39 is 0 Å². The fraction of sp³-hybridized carbons (Fsp3) is 0.714. The molecule has 0 aromatic carbocycles. The van der Waals surface area contributed by atoms with Gasteiger partial charge in [0.05, 0.1) is 6.07 Å². The molecule has 1 heterocycles. The Kier molecular flexibility index (Phi) is 4.03.